The third kappa shape index (κ3) is 8.89. The molecule has 0 saturated carbocycles. The van der Waals surface area contributed by atoms with Crippen molar-refractivity contribution in [1.29, 1.82) is 0 Å². The van der Waals surface area contributed by atoms with E-state index in [1.54, 1.807) is 6.08 Å². The van der Waals surface area contributed by atoms with E-state index in [9.17, 15) is 24.3 Å². The Morgan fingerprint density at radius 1 is 1.18 bits per heavy atom. The Bertz CT molecular complexity index is 1290. The molecule has 3 unspecified atom stereocenters. The van der Waals surface area contributed by atoms with E-state index in [2.05, 4.69) is 4.99 Å². The van der Waals surface area contributed by atoms with Crippen molar-refractivity contribution in [3.63, 3.8) is 0 Å². The standard InChI is InChI=1S/C31H34ClNO6S/c1-4-12-39-31(38)26(17-25(34)14-21-8-6-5-7-9-21)29-33-28(30(36)37)23(18-40-29)11-10-22-15-24(16-27(32)35)20(3)13-19(22)2/h5-11,13,15,19,26,29H,4,12,14,16-18H2,1-3H3,(H,36,37)/b22-10-,23-11+. The van der Waals surface area contributed by atoms with Crippen molar-refractivity contribution in [2.45, 2.75) is 51.8 Å². The SMILES string of the molecule is CCCOC(=O)C(CC(=O)Cc1ccccc1)C1N=C(C(=O)O)/C(=C/C=C2/C=C(CC(=O)Cl)C(C)=CC2C)CS1. The first-order valence-electron chi connectivity index (χ1n) is 13.2. The largest absolute Gasteiger partial charge is 0.477 e. The van der Waals surface area contributed by atoms with Gasteiger partial charge in [0.15, 0.2) is 0 Å². The molecule has 0 bridgehead atoms. The van der Waals surface area contributed by atoms with Gasteiger partial charge in [-0.1, -0.05) is 74.1 Å². The number of aliphatic carboxylic acids is 1. The third-order valence-corrected chi connectivity index (χ3v) is 8.03. The number of Topliss-reactive ketones (excluding diaryl/α,β-unsaturated/α-hetero) is 1. The van der Waals surface area contributed by atoms with Crippen LogP contribution >= 0.6 is 23.4 Å². The summed E-state index contributed by atoms with van der Waals surface area (Å²) in [5.41, 5.74) is 3.92. The number of hydrogen-bond donors (Lipinski definition) is 1. The summed E-state index contributed by atoms with van der Waals surface area (Å²) >= 11 is 6.91. The minimum atomic E-state index is -1.21. The second-order valence-electron chi connectivity index (χ2n) is 9.86. The summed E-state index contributed by atoms with van der Waals surface area (Å²) in [5.74, 6) is -2.43. The first-order chi connectivity index (χ1) is 19.1. The number of halogens is 1. The molecule has 1 heterocycles. The second kappa shape index (κ2) is 15.0. The van der Waals surface area contributed by atoms with Crippen molar-refractivity contribution in [1.82, 2.24) is 0 Å². The lowest BCUT2D eigenvalue weighted by atomic mass is 9.86. The second-order valence-corrected chi connectivity index (χ2v) is 11.4. The number of carbonyl (C=O) groups is 4. The maximum atomic E-state index is 13.0. The maximum Gasteiger partial charge on any atom is 0.354 e. The molecule has 3 rings (SSSR count). The number of nitrogens with zero attached hydrogens (tertiary/aromatic N) is 1. The Labute approximate surface area is 244 Å². The van der Waals surface area contributed by atoms with Crippen LogP contribution in [0.4, 0.5) is 0 Å². The fourth-order valence-corrected chi connectivity index (χ4v) is 5.88. The van der Waals surface area contributed by atoms with E-state index in [0.29, 0.717) is 17.7 Å². The average molecular weight is 584 g/mol. The molecule has 0 amide bonds. The van der Waals surface area contributed by atoms with Gasteiger partial charge in [0.2, 0.25) is 5.24 Å². The normalized spacial score (nSPS) is 21.8. The molecule has 1 N–H and O–H groups in total. The quantitative estimate of drug-likeness (QED) is 0.241. The van der Waals surface area contributed by atoms with Crippen LogP contribution in [0.2, 0.25) is 0 Å². The summed E-state index contributed by atoms with van der Waals surface area (Å²) < 4.78 is 5.37. The summed E-state index contributed by atoms with van der Waals surface area (Å²) in [6.45, 7) is 6.03. The van der Waals surface area contributed by atoms with Crippen LogP contribution in [0.1, 0.15) is 45.6 Å². The number of thioether (sulfide) groups is 1. The van der Waals surface area contributed by atoms with Crippen LogP contribution in [0, 0.1) is 11.8 Å². The van der Waals surface area contributed by atoms with E-state index < -0.39 is 28.5 Å². The number of carboxylic acids is 1. The molecule has 212 valence electrons. The molecule has 3 atom stereocenters. The molecule has 0 spiro atoms. The summed E-state index contributed by atoms with van der Waals surface area (Å²) in [4.78, 5) is 54.0. The highest BCUT2D eigenvalue weighted by Crippen LogP contribution is 2.33. The molecule has 0 fully saturated rings. The summed E-state index contributed by atoms with van der Waals surface area (Å²) in [6, 6.07) is 9.25. The van der Waals surface area contributed by atoms with Crippen molar-refractivity contribution >= 4 is 52.0 Å². The van der Waals surface area contributed by atoms with E-state index in [1.807, 2.05) is 69.3 Å². The number of esters is 1. The molecule has 7 nitrogen and oxygen atoms in total. The molecular formula is C31H34ClNO6S. The number of ether oxygens (including phenoxy) is 1. The molecule has 1 aromatic carbocycles. The molecule has 0 aromatic heterocycles. The lowest BCUT2D eigenvalue weighted by Gasteiger charge is -2.26. The van der Waals surface area contributed by atoms with E-state index in [1.165, 1.54) is 11.8 Å². The van der Waals surface area contributed by atoms with Gasteiger partial charge in [0.05, 0.1) is 12.5 Å². The maximum absolute atomic E-state index is 13.0. The van der Waals surface area contributed by atoms with E-state index in [4.69, 9.17) is 16.3 Å². The van der Waals surface area contributed by atoms with Gasteiger partial charge in [-0.15, -0.1) is 11.8 Å². The smallest absolute Gasteiger partial charge is 0.354 e. The molecule has 0 saturated heterocycles. The van der Waals surface area contributed by atoms with Crippen LogP contribution < -0.4 is 0 Å². The summed E-state index contributed by atoms with van der Waals surface area (Å²) in [7, 11) is 0. The highest BCUT2D eigenvalue weighted by Gasteiger charge is 2.36. The molecule has 9 heteroatoms. The van der Waals surface area contributed by atoms with Gasteiger partial charge in [-0.2, -0.15) is 0 Å². The van der Waals surface area contributed by atoms with Gasteiger partial charge in [-0.3, -0.25) is 19.4 Å². The van der Waals surface area contributed by atoms with Crippen LogP contribution in [0.5, 0.6) is 0 Å². The van der Waals surface area contributed by atoms with Crippen molar-refractivity contribution in [2.24, 2.45) is 16.8 Å². The van der Waals surface area contributed by atoms with Gasteiger partial charge in [-0.05, 0) is 53.1 Å². The third-order valence-electron chi connectivity index (χ3n) is 6.64. The summed E-state index contributed by atoms with van der Waals surface area (Å²) in [5, 5.41) is 8.76. The zero-order valence-corrected chi connectivity index (χ0v) is 24.5. The Hall–Kier alpha value is -3.23. The zero-order chi connectivity index (χ0) is 29.2. The van der Waals surface area contributed by atoms with Gasteiger partial charge >= 0.3 is 11.9 Å². The van der Waals surface area contributed by atoms with Gasteiger partial charge in [0.25, 0.3) is 0 Å². The van der Waals surface area contributed by atoms with Gasteiger partial charge in [-0.25, -0.2) is 4.79 Å². The number of aliphatic imine (C=N–C) groups is 1. The first-order valence-corrected chi connectivity index (χ1v) is 14.7. The lowest BCUT2D eigenvalue weighted by molar-refractivity contribution is -0.150. The number of carboxylic acid groups (broad SMARTS) is 1. The minimum Gasteiger partial charge on any atom is -0.477 e. The molecule has 0 radical (unpaired) electrons. The average Bonchev–Trinajstić information content (AvgIpc) is 2.91. The molecule has 1 aliphatic heterocycles. The van der Waals surface area contributed by atoms with Crippen molar-refractivity contribution in [3.8, 4) is 0 Å². The Morgan fingerprint density at radius 3 is 2.55 bits per heavy atom. The zero-order valence-electron chi connectivity index (χ0n) is 22.9. The monoisotopic (exact) mass is 583 g/mol. The molecule has 40 heavy (non-hydrogen) atoms. The van der Waals surface area contributed by atoms with Gasteiger partial charge in [0.1, 0.15) is 16.9 Å². The number of hydrogen-bond acceptors (Lipinski definition) is 7. The number of benzene rings is 1. The highest BCUT2D eigenvalue weighted by molar-refractivity contribution is 8.00. The molecule has 2 aliphatic rings. The Morgan fingerprint density at radius 2 is 1.90 bits per heavy atom. The highest BCUT2D eigenvalue weighted by atomic mass is 35.5. The van der Waals surface area contributed by atoms with Crippen molar-refractivity contribution in [3.05, 3.63) is 82.5 Å². The molecule has 1 aliphatic carbocycles. The fourth-order valence-electron chi connectivity index (χ4n) is 4.53. The minimum absolute atomic E-state index is 0.0635. The number of rotatable bonds is 12. The topological polar surface area (TPSA) is 110 Å². The number of carbonyl (C=O) groups excluding carboxylic acids is 3. The van der Waals surface area contributed by atoms with E-state index in [0.717, 1.165) is 22.3 Å². The van der Waals surface area contributed by atoms with Crippen LogP contribution in [0.25, 0.3) is 0 Å². The molecule has 1 aromatic rings. The van der Waals surface area contributed by atoms with Crippen LogP contribution in [-0.2, 0) is 30.3 Å². The Kier molecular flexibility index (Phi) is 11.7. The predicted molar refractivity (Wildman–Crippen MR) is 158 cm³/mol. The lowest BCUT2D eigenvalue weighted by Crippen LogP contribution is -2.34. The number of ketones is 1. The van der Waals surface area contributed by atoms with Crippen LogP contribution in [0.15, 0.2) is 81.9 Å². The van der Waals surface area contributed by atoms with Crippen LogP contribution in [0.3, 0.4) is 0 Å². The van der Waals surface area contributed by atoms with Crippen LogP contribution in [-0.4, -0.2) is 51.5 Å². The van der Waals surface area contributed by atoms with Crippen molar-refractivity contribution in [2.75, 3.05) is 12.4 Å². The van der Waals surface area contributed by atoms with E-state index in [-0.39, 0.29) is 43.3 Å². The first kappa shape index (κ1) is 31.3. The van der Waals surface area contributed by atoms with Gasteiger partial charge < -0.3 is 9.84 Å². The molecular weight excluding hydrogens is 550 g/mol. The van der Waals surface area contributed by atoms with E-state index >= 15 is 0 Å². The number of allylic oxidation sites excluding steroid dienone is 7. The fraction of sp³-hybridized carbons (Fsp3) is 0.387. The Balaban J connectivity index is 1.87. The summed E-state index contributed by atoms with van der Waals surface area (Å²) in [6.07, 6.45) is 8.31. The predicted octanol–water partition coefficient (Wildman–Crippen LogP) is 5.89. The van der Waals surface area contributed by atoms with Gasteiger partial charge in [0, 0.05) is 25.0 Å². The van der Waals surface area contributed by atoms with Crippen molar-refractivity contribution < 1.29 is 29.0 Å².